The number of hydrogen-bond donors (Lipinski definition) is 6. The fraction of sp³-hybridized carbons (Fsp3) is 0.538. The van der Waals surface area contributed by atoms with Crippen LogP contribution in [0, 0.1) is 11.8 Å². The molecular weight excluding hydrogens is 462 g/mol. The van der Waals surface area contributed by atoms with Crippen LogP contribution in [0.25, 0.3) is 10.9 Å². The quantitative estimate of drug-likeness (QED) is 0.244. The Hall–Kier alpha value is -3.40. The monoisotopic (exact) mass is 501 g/mol. The van der Waals surface area contributed by atoms with E-state index >= 15 is 0 Å². The third-order valence-corrected chi connectivity index (χ3v) is 6.32. The van der Waals surface area contributed by atoms with Gasteiger partial charge in [0.2, 0.25) is 17.7 Å². The minimum atomic E-state index is -1.13. The van der Waals surface area contributed by atoms with Gasteiger partial charge in [-0.2, -0.15) is 0 Å². The first-order valence-electron chi connectivity index (χ1n) is 12.4. The summed E-state index contributed by atoms with van der Waals surface area (Å²) in [5.74, 6) is -2.94. The van der Waals surface area contributed by atoms with Gasteiger partial charge in [-0.25, -0.2) is 4.79 Å². The van der Waals surface area contributed by atoms with Gasteiger partial charge in [0.25, 0.3) is 0 Å². The Bertz CT molecular complexity index is 1070. The Morgan fingerprint density at radius 1 is 0.972 bits per heavy atom. The number of aliphatic carboxylic acids is 1. The zero-order valence-electron chi connectivity index (χ0n) is 21.6. The number of carbonyl (C=O) groups excluding carboxylic acids is 3. The number of nitrogens with two attached hydrogens (primary N) is 1. The van der Waals surface area contributed by atoms with Crippen LogP contribution >= 0.6 is 0 Å². The fourth-order valence-corrected chi connectivity index (χ4v) is 3.95. The molecule has 0 saturated carbocycles. The van der Waals surface area contributed by atoms with Crippen LogP contribution in [0.15, 0.2) is 30.5 Å². The number of benzene rings is 1. The molecule has 3 amide bonds. The number of carboxylic acids is 1. The molecular formula is C26H39N5O5. The van der Waals surface area contributed by atoms with E-state index in [0.717, 1.165) is 16.5 Å². The van der Waals surface area contributed by atoms with Gasteiger partial charge >= 0.3 is 5.97 Å². The molecule has 0 bridgehead atoms. The van der Waals surface area contributed by atoms with Gasteiger partial charge in [0.15, 0.2) is 0 Å². The first kappa shape index (κ1) is 28.8. The highest BCUT2D eigenvalue weighted by Gasteiger charge is 2.30. The van der Waals surface area contributed by atoms with E-state index in [1.807, 2.05) is 51.2 Å². The first-order valence-corrected chi connectivity index (χ1v) is 12.4. The minimum absolute atomic E-state index is 0.0804. The number of carbonyl (C=O) groups is 4. The van der Waals surface area contributed by atoms with Crippen LogP contribution in [0.5, 0.6) is 0 Å². The molecule has 7 N–H and O–H groups in total. The van der Waals surface area contributed by atoms with Gasteiger partial charge in [-0.15, -0.1) is 0 Å². The van der Waals surface area contributed by atoms with Crippen molar-refractivity contribution in [3.05, 3.63) is 36.0 Å². The number of H-pyrrole nitrogens is 1. The molecule has 36 heavy (non-hydrogen) atoms. The zero-order valence-corrected chi connectivity index (χ0v) is 21.6. The van der Waals surface area contributed by atoms with Crippen molar-refractivity contribution < 1.29 is 24.3 Å². The van der Waals surface area contributed by atoms with E-state index in [2.05, 4.69) is 20.9 Å². The number of fused-ring (bicyclic) bond motifs is 1. The summed E-state index contributed by atoms with van der Waals surface area (Å²) < 4.78 is 0. The van der Waals surface area contributed by atoms with Gasteiger partial charge in [0.05, 0.1) is 6.04 Å². The van der Waals surface area contributed by atoms with Gasteiger partial charge in [0, 0.05) is 17.1 Å². The van der Waals surface area contributed by atoms with Crippen molar-refractivity contribution in [2.75, 3.05) is 0 Å². The lowest BCUT2D eigenvalue weighted by molar-refractivity contribution is -0.143. The van der Waals surface area contributed by atoms with Gasteiger partial charge < -0.3 is 31.8 Å². The number of aromatic amines is 1. The summed E-state index contributed by atoms with van der Waals surface area (Å²) in [7, 11) is 0. The van der Waals surface area contributed by atoms with Crippen LogP contribution in [-0.4, -0.2) is 57.9 Å². The molecule has 0 aliphatic carbocycles. The van der Waals surface area contributed by atoms with Gasteiger partial charge in [-0.1, -0.05) is 52.3 Å². The molecule has 0 radical (unpaired) electrons. The maximum atomic E-state index is 13.0. The van der Waals surface area contributed by atoms with E-state index in [4.69, 9.17) is 5.73 Å². The van der Waals surface area contributed by atoms with E-state index in [-0.39, 0.29) is 18.3 Å². The molecule has 5 unspecified atom stereocenters. The first-order chi connectivity index (χ1) is 16.9. The number of amides is 3. The summed E-state index contributed by atoms with van der Waals surface area (Å²) in [4.78, 5) is 53.1. The lowest BCUT2D eigenvalue weighted by atomic mass is 9.99. The Balaban J connectivity index is 2.03. The second-order valence-electron chi connectivity index (χ2n) is 9.80. The van der Waals surface area contributed by atoms with Gasteiger partial charge in [0.1, 0.15) is 18.1 Å². The molecule has 198 valence electrons. The average molecular weight is 502 g/mol. The molecule has 0 saturated heterocycles. The van der Waals surface area contributed by atoms with Crippen LogP contribution in [0.2, 0.25) is 0 Å². The van der Waals surface area contributed by atoms with E-state index in [1.54, 1.807) is 6.92 Å². The van der Waals surface area contributed by atoms with Crippen molar-refractivity contribution in [2.24, 2.45) is 17.6 Å². The lowest BCUT2D eigenvalue weighted by Gasteiger charge is -2.25. The number of para-hydroxylation sites is 1. The molecule has 5 atom stereocenters. The Morgan fingerprint density at radius 3 is 2.25 bits per heavy atom. The largest absolute Gasteiger partial charge is 0.480 e. The predicted octanol–water partition coefficient (Wildman–Crippen LogP) is 1.69. The molecule has 0 aliphatic heterocycles. The minimum Gasteiger partial charge on any atom is -0.480 e. The molecule has 1 heterocycles. The van der Waals surface area contributed by atoms with Crippen LogP contribution in [-0.2, 0) is 25.6 Å². The maximum Gasteiger partial charge on any atom is 0.326 e. The predicted molar refractivity (Wildman–Crippen MR) is 138 cm³/mol. The molecule has 10 heteroatoms. The molecule has 2 aromatic rings. The zero-order chi connectivity index (χ0) is 27.0. The molecule has 0 fully saturated rings. The molecule has 0 aliphatic rings. The average Bonchev–Trinajstić information content (AvgIpc) is 3.23. The highest BCUT2D eigenvalue weighted by atomic mass is 16.4. The highest BCUT2D eigenvalue weighted by molar-refractivity contribution is 5.94. The normalized spacial score (nSPS) is 15.5. The lowest BCUT2D eigenvalue weighted by Crippen LogP contribution is -2.57. The SMILES string of the molecule is CCC(C)C(NC(=O)C(C)NC(=O)C(CC(C)C)NC(=O)C(N)Cc1c[nH]c2ccccc12)C(=O)O. The van der Waals surface area contributed by atoms with E-state index in [1.165, 1.54) is 6.92 Å². The summed E-state index contributed by atoms with van der Waals surface area (Å²) in [6.45, 7) is 8.87. The van der Waals surface area contributed by atoms with Crippen molar-refractivity contribution in [1.82, 2.24) is 20.9 Å². The number of nitrogens with one attached hydrogen (secondary N) is 4. The van der Waals surface area contributed by atoms with Crippen LogP contribution in [0.4, 0.5) is 0 Å². The Morgan fingerprint density at radius 2 is 1.64 bits per heavy atom. The van der Waals surface area contributed by atoms with Gasteiger partial charge in [-0.05, 0) is 43.2 Å². The number of carboxylic acid groups (broad SMARTS) is 1. The fourth-order valence-electron chi connectivity index (χ4n) is 3.95. The van der Waals surface area contributed by atoms with E-state index in [9.17, 15) is 24.3 Å². The molecule has 2 rings (SSSR count). The second-order valence-corrected chi connectivity index (χ2v) is 9.80. The number of hydrogen-bond acceptors (Lipinski definition) is 5. The summed E-state index contributed by atoms with van der Waals surface area (Å²) in [6.07, 6.45) is 3.02. The van der Waals surface area contributed by atoms with Crippen molar-refractivity contribution in [2.45, 2.75) is 78.0 Å². The molecule has 1 aromatic carbocycles. The van der Waals surface area contributed by atoms with Crippen molar-refractivity contribution in [3.63, 3.8) is 0 Å². The van der Waals surface area contributed by atoms with Crippen molar-refractivity contribution in [3.8, 4) is 0 Å². The smallest absolute Gasteiger partial charge is 0.326 e. The standard InChI is InChI=1S/C26H39N5O5/c1-6-15(4)22(26(35)36)31-23(32)16(5)29-25(34)21(11-14(2)3)30-24(33)19(27)12-17-13-28-20-10-8-7-9-18(17)20/h7-10,13-16,19,21-22,28H,6,11-12,27H2,1-5H3,(H,29,34)(H,30,33)(H,31,32)(H,35,36). The maximum absolute atomic E-state index is 13.0. The Kier molecular flexibility index (Phi) is 10.5. The van der Waals surface area contributed by atoms with Crippen molar-refractivity contribution in [1.29, 1.82) is 0 Å². The number of aromatic nitrogens is 1. The molecule has 0 spiro atoms. The van der Waals surface area contributed by atoms with Crippen LogP contribution < -0.4 is 21.7 Å². The summed E-state index contributed by atoms with van der Waals surface area (Å²) in [6, 6.07) is 3.89. The van der Waals surface area contributed by atoms with E-state index in [0.29, 0.717) is 12.8 Å². The molecule has 10 nitrogen and oxygen atoms in total. The third kappa shape index (κ3) is 7.81. The summed E-state index contributed by atoms with van der Waals surface area (Å²) in [5.41, 5.74) is 8.02. The second kappa shape index (κ2) is 13.1. The van der Waals surface area contributed by atoms with E-state index < -0.39 is 47.9 Å². The highest BCUT2D eigenvalue weighted by Crippen LogP contribution is 2.19. The van der Waals surface area contributed by atoms with Crippen LogP contribution in [0.1, 0.15) is 53.0 Å². The van der Waals surface area contributed by atoms with Crippen LogP contribution in [0.3, 0.4) is 0 Å². The topological polar surface area (TPSA) is 166 Å². The Labute approximate surface area is 211 Å². The number of rotatable bonds is 13. The van der Waals surface area contributed by atoms with Gasteiger partial charge in [-0.3, -0.25) is 14.4 Å². The molecule has 1 aromatic heterocycles. The summed E-state index contributed by atoms with van der Waals surface area (Å²) >= 11 is 0. The summed E-state index contributed by atoms with van der Waals surface area (Å²) in [5, 5.41) is 18.2. The van der Waals surface area contributed by atoms with Crippen molar-refractivity contribution >= 4 is 34.6 Å². The third-order valence-electron chi connectivity index (χ3n) is 6.32.